The number of hydrogen-bond acceptors (Lipinski definition) is 2. The van der Waals surface area contributed by atoms with Crippen LogP contribution < -0.4 is 5.73 Å². The molecule has 3 rings (SSSR count). The Morgan fingerprint density at radius 2 is 1.95 bits per heavy atom. The van der Waals surface area contributed by atoms with Gasteiger partial charge in [-0.1, -0.05) is 42.1 Å². The Hall–Kier alpha value is -1.71. The van der Waals surface area contributed by atoms with Crippen LogP contribution >= 0.6 is 11.8 Å². The second-order valence-corrected chi connectivity index (χ2v) is 5.72. The Morgan fingerprint density at radius 3 is 2.74 bits per heavy atom. The standard InChI is InChI=1S/C16H16N2S/c1-11-6-7-13(10-17)15(8-11)19-16-9-12-4-2-3-5-14(12)18-16/h2-9,18H,10,17H2,1H3. The molecule has 0 spiro atoms. The summed E-state index contributed by atoms with van der Waals surface area (Å²) in [6.07, 6.45) is 0. The average Bonchev–Trinajstić information content (AvgIpc) is 2.81. The molecule has 3 N–H and O–H groups in total. The number of benzene rings is 2. The first-order valence-electron chi connectivity index (χ1n) is 6.31. The van der Waals surface area contributed by atoms with Crippen LogP contribution in [0.1, 0.15) is 11.1 Å². The predicted molar refractivity (Wildman–Crippen MR) is 81.5 cm³/mol. The number of fused-ring (bicyclic) bond motifs is 1. The summed E-state index contributed by atoms with van der Waals surface area (Å²) in [7, 11) is 0. The van der Waals surface area contributed by atoms with Crippen LogP contribution in [0.4, 0.5) is 0 Å². The van der Waals surface area contributed by atoms with E-state index in [4.69, 9.17) is 5.73 Å². The highest BCUT2D eigenvalue weighted by molar-refractivity contribution is 7.99. The van der Waals surface area contributed by atoms with Crippen molar-refractivity contribution < 1.29 is 0 Å². The summed E-state index contributed by atoms with van der Waals surface area (Å²) < 4.78 is 0. The lowest BCUT2D eigenvalue weighted by atomic mass is 10.1. The first-order chi connectivity index (χ1) is 9.26. The fourth-order valence-corrected chi connectivity index (χ4v) is 3.26. The lowest BCUT2D eigenvalue weighted by molar-refractivity contribution is 1.02. The van der Waals surface area contributed by atoms with Gasteiger partial charge in [0, 0.05) is 22.3 Å². The molecule has 0 saturated heterocycles. The first-order valence-corrected chi connectivity index (χ1v) is 7.13. The summed E-state index contributed by atoms with van der Waals surface area (Å²) in [6, 6.07) is 16.9. The Labute approximate surface area is 117 Å². The smallest absolute Gasteiger partial charge is 0.0780 e. The third-order valence-corrected chi connectivity index (χ3v) is 4.21. The van der Waals surface area contributed by atoms with Crippen molar-refractivity contribution >= 4 is 22.7 Å². The van der Waals surface area contributed by atoms with Gasteiger partial charge in [-0.25, -0.2) is 0 Å². The Balaban J connectivity index is 1.98. The minimum absolute atomic E-state index is 0.572. The average molecular weight is 268 g/mol. The normalized spacial score (nSPS) is 11.1. The van der Waals surface area contributed by atoms with E-state index in [1.165, 1.54) is 26.9 Å². The molecule has 0 aliphatic rings. The molecule has 3 aromatic rings. The van der Waals surface area contributed by atoms with Crippen molar-refractivity contribution in [1.82, 2.24) is 4.98 Å². The van der Waals surface area contributed by atoms with Crippen molar-refractivity contribution in [3.05, 3.63) is 59.7 Å². The molecular formula is C16H16N2S. The van der Waals surface area contributed by atoms with Crippen molar-refractivity contribution in [3.8, 4) is 0 Å². The van der Waals surface area contributed by atoms with Crippen LogP contribution in [0.5, 0.6) is 0 Å². The molecular weight excluding hydrogens is 252 g/mol. The van der Waals surface area contributed by atoms with Crippen molar-refractivity contribution in [1.29, 1.82) is 0 Å². The maximum Gasteiger partial charge on any atom is 0.0780 e. The van der Waals surface area contributed by atoms with E-state index in [1.807, 2.05) is 6.07 Å². The SMILES string of the molecule is Cc1ccc(CN)c(Sc2cc3ccccc3[nH]2)c1. The lowest BCUT2D eigenvalue weighted by Crippen LogP contribution is -1.98. The summed E-state index contributed by atoms with van der Waals surface area (Å²) in [6.45, 7) is 2.68. The molecule has 0 fully saturated rings. The fraction of sp³-hybridized carbons (Fsp3) is 0.125. The topological polar surface area (TPSA) is 41.8 Å². The molecule has 1 heterocycles. The van der Waals surface area contributed by atoms with Gasteiger partial charge in [-0.2, -0.15) is 0 Å². The molecule has 0 aliphatic heterocycles. The fourth-order valence-electron chi connectivity index (χ4n) is 2.15. The van der Waals surface area contributed by atoms with Crippen molar-refractivity contribution in [2.75, 3.05) is 0 Å². The Kier molecular flexibility index (Phi) is 3.32. The zero-order valence-electron chi connectivity index (χ0n) is 10.8. The molecule has 0 bridgehead atoms. The van der Waals surface area contributed by atoms with E-state index in [0.29, 0.717) is 6.54 Å². The number of hydrogen-bond donors (Lipinski definition) is 2. The molecule has 0 unspecified atom stereocenters. The van der Waals surface area contributed by atoms with Gasteiger partial charge in [-0.3, -0.25) is 0 Å². The van der Waals surface area contributed by atoms with Gasteiger partial charge in [-0.05, 0) is 36.2 Å². The van der Waals surface area contributed by atoms with Gasteiger partial charge in [0.15, 0.2) is 0 Å². The number of H-pyrrole nitrogens is 1. The zero-order chi connectivity index (χ0) is 13.2. The molecule has 3 heteroatoms. The number of rotatable bonds is 3. The number of aryl methyl sites for hydroxylation is 1. The molecule has 2 aromatic carbocycles. The maximum absolute atomic E-state index is 5.81. The largest absolute Gasteiger partial charge is 0.349 e. The number of nitrogens with one attached hydrogen (secondary N) is 1. The third-order valence-electron chi connectivity index (χ3n) is 3.17. The maximum atomic E-state index is 5.81. The van der Waals surface area contributed by atoms with Gasteiger partial charge in [0.1, 0.15) is 0 Å². The van der Waals surface area contributed by atoms with E-state index in [1.54, 1.807) is 11.8 Å². The van der Waals surface area contributed by atoms with Crippen molar-refractivity contribution in [2.45, 2.75) is 23.4 Å². The molecule has 2 nitrogen and oxygen atoms in total. The second-order valence-electron chi connectivity index (χ2n) is 4.64. The van der Waals surface area contributed by atoms with Gasteiger partial charge in [0.05, 0.1) is 5.03 Å². The summed E-state index contributed by atoms with van der Waals surface area (Å²) in [5.74, 6) is 0. The third kappa shape index (κ3) is 2.53. The van der Waals surface area contributed by atoms with Crippen LogP contribution in [0, 0.1) is 6.92 Å². The number of nitrogens with two attached hydrogens (primary N) is 1. The van der Waals surface area contributed by atoms with E-state index in [9.17, 15) is 0 Å². The summed E-state index contributed by atoms with van der Waals surface area (Å²) in [4.78, 5) is 4.67. The molecule has 19 heavy (non-hydrogen) atoms. The van der Waals surface area contributed by atoms with E-state index in [2.05, 4.69) is 54.4 Å². The molecule has 96 valence electrons. The van der Waals surface area contributed by atoms with Gasteiger partial charge in [-0.15, -0.1) is 0 Å². The highest BCUT2D eigenvalue weighted by Gasteiger charge is 2.06. The van der Waals surface area contributed by atoms with E-state index in [0.717, 1.165) is 5.03 Å². The highest BCUT2D eigenvalue weighted by atomic mass is 32.2. The van der Waals surface area contributed by atoms with E-state index < -0.39 is 0 Å². The quantitative estimate of drug-likeness (QED) is 0.751. The van der Waals surface area contributed by atoms with Gasteiger partial charge in [0.2, 0.25) is 0 Å². The second kappa shape index (κ2) is 5.11. The van der Waals surface area contributed by atoms with Crippen LogP contribution in [-0.4, -0.2) is 4.98 Å². The van der Waals surface area contributed by atoms with Crippen LogP contribution in [0.2, 0.25) is 0 Å². The lowest BCUT2D eigenvalue weighted by Gasteiger charge is -2.07. The van der Waals surface area contributed by atoms with E-state index in [-0.39, 0.29) is 0 Å². The monoisotopic (exact) mass is 268 g/mol. The number of aromatic amines is 1. The zero-order valence-corrected chi connectivity index (χ0v) is 11.6. The molecule has 1 aromatic heterocycles. The molecule has 0 atom stereocenters. The molecule has 0 aliphatic carbocycles. The van der Waals surface area contributed by atoms with E-state index >= 15 is 0 Å². The minimum Gasteiger partial charge on any atom is -0.349 e. The van der Waals surface area contributed by atoms with Gasteiger partial charge in [0.25, 0.3) is 0 Å². The van der Waals surface area contributed by atoms with Crippen molar-refractivity contribution in [2.24, 2.45) is 5.73 Å². The van der Waals surface area contributed by atoms with Gasteiger partial charge < -0.3 is 10.7 Å². The predicted octanol–water partition coefficient (Wildman–Crippen LogP) is 4.09. The number of aromatic nitrogens is 1. The van der Waals surface area contributed by atoms with Crippen LogP contribution in [-0.2, 0) is 6.54 Å². The van der Waals surface area contributed by atoms with Crippen LogP contribution in [0.15, 0.2) is 58.5 Å². The molecule has 0 saturated carbocycles. The van der Waals surface area contributed by atoms with Crippen LogP contribution in [0.3, 0.4) is 0 Å². The van der Waals surface area contributed by atoms with Crippen molar-refractivity contribution in [3.63, 3.8) is 0 Å². The Bertz CT molecular complexity index is 683. The number of para-hydroxylation sites is 1. The summed E-state index contributed by atoms with van der Waals surface area (Å²) in [5.41, 5.74) is 9.43. The molecule has 0 amide bonds. The summed E-state index contributed by atoms with van der Waals surface area (Å²) in [5, 5.41) is 2.40. The minimum atomic E-state index is 0.572. The van der Waals surface area contributed by atoms with Gasteiger partial charge >= 0.3 is 0 Å². The Morgan fingerprint density at radius 1 is 1.11 bits per heavy atom. The van der Waals surface area contributed by atoms with Crippen LogP contribution in [0.25, 0.3) is 10.9 Å². The molecule has 0 radical (unpaired) electrons. The summed E-state index contributed by atoms with van der Waals surface area (Å²) >= 11 is 1.74. The first kappa shape index (κ1) is 12.3. The highest BCUT2D eigenvalue weighted by Crippen LogP contribution is 2.32.